The predicted octanol–water partition coefficient (Wildman–Crippen LogP) is 4.36. The van der Waals surface area contributed by atoms with Crippen molar-refractivity contribution in [1.82, 2.24) is 4.90 Å². The molecule has 1 N–H and O–H groups in total. The van der Waals surface area contributed by atoms with Gasteiger partial charge in [0.05, 0.1) is 0 Å². The fraction of sp³-hybridized carbons (Fsp3) is 0.259. The molecule has 1 saturated heterocycles. The average molecular weight is 414 g/mol. The lowest BCUT2D eigenvalue weighted by Crippen LogP contribution is -2.55. The summed E-state index contributed by atoms with van der Waals surface area (Å²) in [6.07, 6.45) is 0.746. The van der Waals surface area contributed by atoms with Gasteiger partial charge in [-0.3, -0.25) is 9.59 Å². The van der Waals surface area contributed by atoms with Crippen LogP contribution in [0.1, 0.15) is 45.0 Å². The lowest BCUT2D eigenvalue weighted by Gasteiger charge is -2.44. The van der Waals surface area contributed by atoms with Crippen LogP contribution in [0.4, 0.5) is 0 Å². The molecule has 0 bridgehead atoms. The second-order valence-corrected chi connectivity index (χ2v) is 8.17. The van der Waals surface area contributed by atoms with Gasteiger partial charge < -0.3 is 10.0 Å². The standard InChI is InChI=1S/C27H27NO3/c29-25(22-12-6-2-7-13-22)16-18-28-19-17-27(31,26(30)23-14-8-3-9-15-23)24(20-28)21-10-4-1-5-11-21/h1-15,24,31H,16-20H2. The molecular formula is C27H27NO3. The number of rotatable bonds is 7. The fourth-order valence-electron chi connectivity index (χ4n) is 4.41. The van der Waals surface area contributed by atoms with E-state index in [0.29, 0.717) is 38.0 Å². The van der Waals surface area contributed by atoms with E-state index in [1.165, 1.54) is 0 Å². The first-order chi connectivity index (χ1) is 15.1. The van der Waals surface area contributed by atoms with Gasteiger partial charge in [0.25, 0.3) is 0 Å². The van der Waals surface area contributed by atoms with Crippen molar-refractivity contribution < 1.29 is 14.7 Å². The van der Waals surface area contributed by atoms with Crippen molar-refractivity contribution in [3.05, 3.63) is 108 Å². The molecule has 0 spiro atoms. The number of Topliss-reactive ketones (excluding diaryl/α,β-unsaturated/α-hetero) is 2. The van der Waals surface area contributed by atoms with Crippen molar-refractivity contribution in [2.75, 3.05) is 19.6 Å². The van der Waals surface area contributed by atoms with Crippen LogP contribution in [0.2, 0.25) is 0 Å². The lowest BCUT2D eigenvalue weighted by molar-refractivity contribution is -0.0221. The molecule has 0 saturated carbocycles. The fourth-order valence-corrected chi connectivity index (χ4v) is 4.41. The van der Waals surface area contributed by atoms with Crippen molar-refractivity contribution in [3.8, 4) is 0 Å². The molecule has 1 fully saturated rings. The Balaban J connectivity index is 1.53. The number of hydrogen-bond acceptors (Lipinski definition) is 4. The van der Waals surface area contributed by atoms with E-state index < -0.39 is 5.60 Å². The molecule has 1 aliphatic heterocycles. The van der Waals surface area contributed by atoms with Crippen LogP contribution in [-0.2, 0) is 0 Å². The first kappa shape index (κ1) is 21.2. The number of benzene rings is 3. The van der Waals surface area contributed by atoms with Gasteiger partial charge in [0.15, 0.2) is 11.6 Å². The quantitative estimate of drug-likeness (QED) is 0.585. The maximum atomic E-state index is 13.3. The Kier molecular flexibility index (Phi) is 6.40. The summed E-state index contributed by atoms with van der Waals surface area (Å²) in [6.45, 7) is 1.70. The van der Waals surface area contributed by atoms with Crippen molar-refractivity contribution in [2.45, 2.75) is 24.4 Å². The lowest BCUT2D eigenvalue weighted by atomic mass is 9.72. The summed E-state index contributed by atoms with van der Waals surface area (Å²) < 4.78 is 0. The Labute approximate surface area is 183 Å². The Morgan fingerprint density at radius 1 is 0.839 bits per heavy atom. The normalized spacial score (nSPS) is 21.5. The smallest absolute Gasteiger partial charge is 0.195 e. The highest BCUT2D eigenvalue weighted by Crippen LogP contribution is 2.38. The third-order valence-corrected chi connectivity index (χ3v) is 6.21. The van der Waals surface area contributed by atoms with Crippen LogP contribution < -0.4 is 0 Å². The Hall–Kier alpha value is -3.08. The van der Waals surface area contributed by atoms with Crippen molar-refractivity contribution in [2.24, 2.45) is 0 Å². The van der Waals surface area contributed by atoms with Gasteiger partial charge in [-0.05, 0) is 12.0 Å². The topological polar surface area (TPSA) is 57.6 Å². The zero-order chi connectivity index (χ0) is 21.7. The van der Waals surface area contributed by atoms with Crippen LogP contribution in [-0.4, -0.2) is 46.8 Å². The SMILES string of the molecule is O=C(CCN1CCC(O)(C(=O)c2ccccc2)C(c2ccccc2)C1)c1ccccc1. The molecule has 4 nitrogen and oxygen atoms in total. The zero-order valence-electron chi connectivity index (χ0n) is 17.5. The van der Waals surface area contributed by atoms with Crippen molar-refractivity contribution in [3.63, 3.8) is 0 Å². The van der Waals surface area contributed by atoms with Gasteiger partial charge in [-0.15, -0.1) is 0 Å². The van der Waals surface area contributed by atoms with Crippen LogP contribution in [0.15, 0.2) is 91.0 Å². The van der Waals surface area contributed by atoms with Crippen LogP contribution in [0, 0.1) is 0 Å². The number of piperidine rings is 1. The summed E-state index contributed by atoms with van der Waals surface area (Å²) in [7, 11) is 0. The maximum Gasteiger partial charge on any atom is 0.195 e. The molecule has 4 heteroatoms. The van der Waals surface area contributed by atoms with Gasteiger partial charge in [0.2, 0.25) is 0 Å². The van der Waals surface area contributed by atoms with E-state index in [4.69, 9.17) is 0 Å². The van der Waals surface area contributed by atoms with Gasteiger partial charge in [-0.2, -0.15) is 0 Å². The Morgan fingerprint density at radius 2 is 1.39 bits per heavy atom. The summed E-state index contributed by atoms with van der Waals surface area (Å²) in [5.74, 6) is -0.484. The number of hydrogen-bond donors (Lipinski definition) is 1. The number of likely N-dealkylation sites (tertiary alicyclic amines) is 1. The summed E-state index contributed by atoms with van der Waals surface area (Å²) in [4.78, 5) is 28.1. The molecule has 0 radical (unpaired) electrons. The Bertz CT molecular complexity index is 1020. The third kappa shape index (κ3) is 4.66. The number of aliphatic hydroxyl groups is 1. The van der Waals surface area contributed by atoms with Crippen LogP contribution >= 0.6 is 0 Å². The van der Waals surface area contributed by atoms with Crippen LogP contribution in [0.5, 0.6) is 0 Å². The minimum Gasteiger partial charge on any atom is -0.381 e. The van der Waals surface area contributed by atoms with Gasteiger partial charge in [-0.25, -0.2) is 0 Å². The highest BCUT2D eigenvalue weighted by Gasteiger charge is 2.48. The Morgan fingerprint density at radius 3 is 2.00 bits per heavy atom. The zero-order valence-corrected chi connectivity index (χ0v) is 17.5. The highest BCUT2D eigenvalue weighted by atomic mass is 16.3. The van der Waals surface area contributed by atoms with E-state index >= 15 is 0 Å². The molecule has 31 heavy (non-hydrogen) atoms. The van der Waals surface area contributed by atoms with E-state index in [-0.39, 0.29) is 17.5 Å². The van der Waals surface area contributed by atoms with Crippen molar-refractivity contribution in [1.29, 1.82) is 0 Å². The van der Waals surface area contributed by atoms with Gasteiger partial charge in [0, 0.05) is 43.1 Å². The largest absolute Gasteiger partial charge is 0.381 e. The monoisotopic (exact) mass is 413 g/mol. The minimum absolute atomic E-state index is 0.109. The van der Waals surface area contributed by atoms with E-state index in [2.05, 4.69) is 4.90 Å². The summed E-state index contributed by atoms with van der Waals surface area (Å²) in [5.41, 5.74) is 0.713. The van der Waals surface area contributed by atoms with E-state index in [1.807, 2.05) is 78.9 Å². The number of nitrogens with zero attached hydrogens (tertiary/aromatic N) is 1. The predicted molar refractivity (Wildman–Crippen MR) is 121 cm³/mol. The van der Waals surface area contributed by atoms with Gasteiger partial charge >= 0.3 is 0 Å². The van der Waals surface area contributed by atoms with Crippen LogP contribution in [0.3, 0.4) is 0 Å². The molecule has 3 aromatic carbocycles. The molecule has 0 amide bonds. The minimum atomic E-state index is -1.47. The van der Waals surface area contributed by atoms with Crippen LogP contribution in [0.25, 0.3) is 0 Å². The molecule has 3 aromatic rings. The first-order valence-electron chi connectivity index (χ1n) is 10.8. The van der Waals surface area contributed by atoms with E-state index in [0.717, 1.165) is 11.1 Å². The molecular weight excluding hydrogens is 386 g/mol. The molecule has 158 valence electrons. The molecule has 0 aliphatic carbocycles. The second-order valence-electron chi connectivity index (χ2n) is 8.17. The number of carbonyl (C=O) groups is 2. The average Bonchev–Trinajstić information content (AvgIpc) is 2.84. The third-order valence-electron chi connectivity index (χ3n) is 6.21. The van der Waals surface area contributed by atoms with E-state index in [1.54, 1.807) is 12.1 Å². The van der Waals surface area contributed by atoms with Crippen molar-refractivity contribution >= 4 is 11.6 Å². The molecule has 2 atom stereocenters. The molecule has 1 heterocycles. The van der Waals surface area contributed by atoms with Gasteiger partial charge in [-0.1, -0.05) is 91.0 Å². The van der Waals surface area contributed by atoms with E-state index in [9.17, 15) is 14.7 Å². The molecule has 0 aromatic heterocycles. The number of carbonyl (C=O) groups excluding carboxylic acids is 2. The maximum absolute atomic E-state index is 13.3. The number of ketones is 2. The van der Waals surface area contributed by atoms with Gasteiger partial charge in [0.1, 0.15) is 5.60 Å². The second kappa shape index (κ2) is 9.38. The molecule has 1 aliphatic rings. The summed E-state index contributed by atoms with van der Waals surface area (Å²) >= 11 is 0. The summed E-state index contributed by atoms with van der Waals surface area (Å²) in [5, 5.41) is 11.6. The highest BCUT2D eigenvalue weighted by molar-refractivity contribution is 6.03. The summed E-state index contributed by atoms with van der Waals surface area (Å²) in [6, 6.07) is 28.0. The molecule has 2 unspecified atom stereocenters. The first-order valence-corrected chi connectivity index (χ1v) is 10.8. The molecule has 4 rings (SSSR count).